The van der Waals surface area contributed by atoms with Crippen molar-refractivity contribution in [2.45, 2.75) is 32.1 Å². The number of benzene rings is 1. The molecule has 2 amide bonds. The molecule has 1 aromatic rings. The van der Waals surface area contributed by atoms with Crippen molar-refractivity contribution in [3.05, 3.63) is 22.2 Å². The molecule has 6 nitrogen and oxygen atoms in total. The molecule has 0 atom stereocenters. The maximum absolute atomic E-state index is 12.4. The van der Waals surface area contributed by atoms with Gasteiger partial charge in [0.15, 0.2) is 11.5 Å². The smallest absolute Gasteiger partial charge is 0.225 e. The molecule has 0 radical (unpaired) electrons. The van der Waals surface area contributed by atoms with Crippen LogP contribution in [0.5, 0.6) is 11.5 Å². The van der Waals surface area contributed by atoms with E-state index in [1.54, 1.807) is 14.2 Å². The quantitative estimate of drug-likeness (QED) is 0.710. The Morgan fingerprint density at radius 1 is 1.07 bits per heavy atom. The standard InChI is InChI=1S/C20H27BrN2O4/c1-26-17-11-15(16(21)12-18(17)27-2)5-8-22-19(24)13-6-9-23(10-7-13)20(25)14-3-4-14/h11-14H,3-10H2,1-2H3,(H,22,24). The van der Waals surface area contributed by atoms with E-state index < -0.39 is 0 Å². The first-order valence-electron chi connectivity index (χ1n) is 9.50. The highest BCUT2D eigenvalue weighted by Gasteiger charge is 2.35. The van der Waals surface area contributed by atoms with Gasteiger partial charge in [-0.15, -0.1) is 0 Å². The average Bonchev–Trinajstić information content (AvgIpc) is 3.53. The normalized spacial score (nSPS) is 17.5. The van der Waals surface area contributed by atoms with E-state index in [0.29, 0.717) is 37.6 Å². The third-order valence-electron chi connectivity index (χ3n) is 5.35. The van der Waals surface area contributed by atoms with Crippen LogP contribution in [0.15, 0.2) is 16.6 Å². The highest BCUT2D eigenvalue weighted by molar-refractivity contribution is 9.10. The number of halogens is 1. The molecule has 1 aliphatic heterocycles. The van der Waals surface area contributed by atoms with Gasteiger partial charge in [0.25, 0.3) is 0 Å². The van der Waals surface area contributed by atoms with E-state index in [4.69, 9.17) is 9.47 Å². The third-order valence-corrected chi connectivity index (χ3v) is 6.09. The Bertz CT molecular complexity index is 697. The molecule has 0 unspecified atom stereocenters. The van der Waals surface area contributed by atoms with Crippen molar-refractivity contribution in [1.29, 1.82) is 0 Å². The van der Waals surface area contributed by atoms with E-state index in [1.165, 1.54) is 0 Å². The van der Waals surface area contributed by atoms with Crippen LogP contribution >= 0.6 is 15.9 Å². The first-order valence-corrected chi connectivity index (χ1v) is 10.3. The van der Waals surface area contributed by atoms with Crippen LogP contribution in [0.2, 0.25) is 0 Å². The first kappa shape index (κ1) is 20.0. The van der Waals surface area contributed by atoms with Gasteiger partial charge in [-0.2, -0.15) is 0 Å². The van der Waals surface area contributed by atoms with Crippen LogP contribution in [-0.2, 0) is 16.0 Å². The molecule has 2 fully saturated rings. The van der Waals surface area contributed by atoms with Gasteiger partial charge >= 0.3 is 0 Å². The minimum atomic E-state index is 0.00194. The van der Waals surface area contributed by atoms with Gasteiger partial charge < -0.3 is 19.7 Å². The number of ether oxygens (including phenoxy) is 2. The lowest BCUT2D eigenvalue weighted by molar-refractivity contribution is -0.136. The Morgan fingerprint density at radius 2 is 1.70 bits per heavy atom. The van der Waals surface area contributed by atoms with Crippen molar-refractivity contribution in [2.75, 3.05) is 33.9 Å². The molecule has 0 aromatic heterocycles. The van der Waals surface area contributed by atoms with Crippen LogP contribution < -0.4 is 14.8 Å². The summed E-state index contributed by atoms with van der Waals surface area (Å²) in [4.78, 5) is 26.5. The van der Waals surface area contributed by atoms with Gasteiger partial charge in [-0.25, -0.2) is 0 Å². The van der Waals surface area contributed by atoms with Crippen molar-refractivity contribution in [3.63, 3.8) is 0 Å². The van der Waals surface area contributed by atoms with Crippen LogP contribution in [0.4, 0.5) is 0 Å². The number of nitrogens with one attached hydrogen (secondary N) is 1. The molecular weight excluding hydrogens is 412 g/mol. The van der Waals surface area contributed by atoms with Gasteiger partial charge in [-0.05, 0) is 49.8 Å². The fourth-order valence-electron chi connectivity index (χ4n) is 3.50. The Morgan fingerprint density at radius 3 is 2.30 bits per heavy atom. The molecule has 1 aromatic carbocycles. The van der Waals surface area contributed by atoms with E-state index in [-0.39, 0.29) is 23.7 Å². The summed E-state index contributed by atoms with van der Waals surface area (Å²) in [5.41, 5.74) is 1.05. The molecule has 7 heteroatoms. The van der Waals surface area contributed by atoms with Gasteiger partial charge in [0, 0.05) is 35.9 Å². The SMILES string of the molecule is COc1cc(Br)c(CCNC(=O)C2CCN(C(=O)C3CC3)CC2)cc1OC. The van der Waals surface area contributed by atoms with Crippen LogP contribution in [-0.4, -0.2) is 50.6 Å². The highest BCUT2D eigenvalue weighted by Crippen LogP contribution is 2.34. The van der Waals surface area contributed by atoms with Crippen LogP contribution in [0, 0.1) is 11.8 Å². The Kier molecular flexibility index (Phi) is 6.63. The van der Waals surface area contributed by atoms with Crippen molar-refractivity contribution >= 4 is 27.7 Å². The Balaban J connectivity index is 1.45. The van der Waals surface area contributed by atoms with Crippen LogP contribution in [0.3, 0.4) is 0 Å². The molecule has 3 rings (SSSR count). The predicted octanol–water partition coefficient (Wildman–Crippen LogP) is 2.77. The molecule has 148 valence electrons. The summed E-state index contributed by atoms with van der Waals surface area (Å²) < 4.78 is 11.6. The zero-order valence-electron chi connectivity index (χ0n) is 15.9. The topological polar surface area (TPSA) is 67.9 Å². The number of carbonyl (C=O) groups is 2. The van der Waals surface area contributed by atoms with Gasteiger partial charge in [0.2, 0.25) is 11.8 Å². The summed E-state index contributed by atoms with van der Waals surface area (Å²) in [5, 5.41) is 3.04. The first-order chi connectivity index (χ1) is 13.0. The lowest BCUT2D eigenvalue weighted by atomic mass is 9.95. The zero-order valence-corrected chi connectivity index (χ0v) is 17.5. The third kappa shape index (κ3) is 4.94. The second-order valence-corrected chi connectivity index (χ2v) is 8.07. The lowest BCUT2D eigenvalue weighted by Crippen LogP contribution is -2.43. The summed E-state index contributed by atoms with van der Waals surface area (Å²) >= 11 is 3.55. The molecule has 1 saturated carbocycles. The molecule has 1 aliphatic carbocycles. The summed E-state index contributed by atoms with van der Waals surface area (Å²) in [5.74, 6) is 1.98. The van der Waals surface area contributed by atoms with Gasteiger partial charge in [0.1, 0.15) is 0 Å². The number of hydrogen-bond donors (Lipinski definition) is 1. The fourth-order valence-corrected chi connectivity index (χ4v) is 4.02. The minimum Gasteiger partial charge on any atom is -0.493 e. The van der Waals surface area contributed by atoms with Crippen molar-refractivity contribution in [2.24, 2.45) is 11.8 Å². The number of piperidine rings is 1. The Labute approximate surface area is 168 Å². The molecule has 1 heterocycles. The number of likely N-dealkylation sites (tertiary alicyclic amines) is 1. The van der Waals surface area contributed by atoms with Crippen molar-refractivity contribution in [3.8, 4) is 11.5 Å². The number of nitrogens with zero attached hydrogens (tertiary/aromatic N) is 1. The summed E-state index contributed by atoms with van der Waals surface area (Å²) in [7, 11) is 3.21. The van der Waals surface area contributed by atoms with E-state index in [0.717, 1.165) is 35.7 Å². The molecule has 27 heavy (non-hydrogen) atoms. The van der Waals surface area contributed by atoms with Crippen LogP contribution in [0.25, 0.3) is 0 Å². The maximum Gasteiger partial charge on any atom is 0.225 e. The van der Waals surface area contributed by atoms with Gasteiger partial charge in [-0.1, -0.05) is 15.9 Å². The number of amides is 2. The van der Waals surface area contributed by atoms with E-state index in [1.807, 2.05) is 17.0 Å². The summed E-state index contributed by atoms with van der Waals surface area (Å²) in [6, 6.07) is 3.81. The minimum absolute atomic E-state index is 0.00194. The highest BCUT2D eigenvalue weighted by atomic mass is 79.9. The van der Waals surface area contributed by atoms with E-state index >= 15 is 0 Å². The zero-order chi connectivity index (χ0) is 19.4. The molecule has 2 aliphatic rings. The van der Waals surface area contributed by atoms with E-state index in [9.17, 15) is 9.59 Å². The molecule has 0 bridgehead atoms. The van der Waals surface area contributed by atoms with Crippen LogP contribution in [0.1, 0.15) is 31.2 Å². The predicted molar refractivity (Wildman–Crippen MR) is 106 cm³/mol. The van der Waals surface area contributed by atoms with E-state index in [2.05, 4.69) is 21.2 Å². The largest absolute Gasteiger partial charge is 0.493 e. The maximum atomic E-state index is 12.4. The Hall–Kier alpha value is -1.76. The molecule has 0 spiro atoms. The summed E-state index contributed by atoms with van der Waals surface area (Å²) in [6.07, 6.45) is 4.27. The van der Waals surface area contributed by atoms with Gasteiger partial charge in [0.05, 0.1) is 14.2 Å². The molecule has 1 N–H and O–H groups in total. The number of hydrogen-bond acceptors (Lipinski definition) is 4. The molecule has 1 saturated heterocycles. The summed E-state index contributed by atoms with van der Waals surface area (Å²) in [6.45, 7) is 1.97. The van der Waals surface area contributed by atoms with Crippen molar-refractivity contribution < 1.29 is 19.1 Å². The second-order valence-electron chi connectivity index (χ2n) is 7.21. The number of methoxy groups -OCH3 is 2. The average molecular weight is 439 g/mol. The van der Waals surface area contributed by atoms with Crippen molar-refractivity contribution in [1.82, 2.24) is 10.2 Å². The lowest BCUT2D eigenvalue weighted by Gasteiger charge is -2.31. The number of rotatable bonds is 7. The van der Waals surface area contributed by atoms with Gasteiger partial charge in [-0.3, -0.25) is 9.59 Å². The number of carbonyl (C=O) groups excluding carboxylic acids is 2. The molecular formula is C20H27BrN2O4. The monoisotopic (exact) mass is 438 g/mol. The fraction of sp³-hybridized carbons (Fsp3) is 0.600. The second kappa shape index (κ2) is 8.95.